The van der Waals surface area contributed by atoms with Gasteiger partial charge in [0.1, 0.15) is 12.0 Å². The number of carbonyl (C=O) groups excluding carboxylic acids is 1. The highest BCUT2D eigenvalue weighted by Gasteiger charge is 2.18. The second-order valence-electron chi connectivity index (χ2n) is 6.54. The van der Waals surface area contributed by atoms with Gasteiger partial charge in [-0.25, -0.2) is 9.97 Å². The zero-order chi connectivity index (χ0) is 18.5. The summed E-state index contributed by atoms with van der Waals surface area (Å²) in [6.07, 6.45) is 2.98. The lowest BCUT2D eigenvalue weighted by Gasteiger charge is -2.36. The summed E-state index contributed by atoms with van der Waals surface area (Å²) in [5.41, 5.74) is 1.70. The molecule has 3 aromatic rings. The number of thiophene rings is 1. The van der Waals surface area contributed by atoms with Crippen LogP contribution in [0.25, 0.3) is 10.1 Å². The molecule has 4 rings (SSSR count). The standard InChI is InChI=1S/C20H22N4O2S/c25-14-16-13-20(22-15-21-16)26-11-2-6-23-7-9-24(10-8-23)18-3-1-4-19-17(18)5-12-27-19/h1,3-5,12-15H,2,6-11H2. The average molecular weight is 382 g/mol. The zero-order valence-corrected chi connectivity index (χ0v) is 15.9. The molecule has 7 heteroatoms. The monoisotopic (exact) mass is 382 g/mol. The highest BCUT2D eigenvalue weighted by atomic mass is 32.1. The predicted octanol–water partition coefficient (Wildman–Crippen LogP) is 3.09. The Balaban J connectivity index is 1.23. The van der Waals surface area contributed by atoms with Crippen molar-refractivity contribution in [3.63, 3.8) is 0 Å². The molecule has 0 bridgehead atoms. The second kappa shape index (κ2) is 8.45. The molecule has 1 saturated heterocycles. The van der Waals surface area contributed by atoms with Crippen LogP contribution >= 0.6 is 11.3 Å². The van der Waals surface area contributed by atoms with E-state index in [1.807, 2.05) is 0 Å². The molecule has 0 unspecified atom stereocenters. The number of ether oxygens (including phenoxy) is 1. The summed E-state index contributed by atoms with van der Waals surface area (Å²) in [5, 5.41) is 3.53. The number of carbonyl (C=O) groups is 1. The third kappa shape index (κ3) is 4.26. The van der Waals surface area contributed by atoms with Crippen molar-refractivity contribution in [1.29, 1.82) is 0 Å². The third-order valence-electron chi connectivity index (χ3n) is 4.84. The number of nitrogens with zero attached hydrogens (tertiary/aromatic N) is 4. The summed E-state index contributed by atoms with van der Waals surface area (Å²) in [7, 11) is 0. The summed E-state index contributed by atoms with van der Waals surface area (Å²) >= 11 is 1.80. The van der Waals surface area contributed by atoms with Gasteiger partial charge in [-0.05, 0) is 30.0 Å². The Morgan fingerprint density at radius 1 is 1.15 bits per heavy atom. The van der Waals surface area contributed by atoms with Gasteiger partial charge in [0.2, 0.25) is 5.88 Å². The quantitative estimate of drug-likeness (QED) is 0.462. The van der Waals surface area contributed by atoms with Crippen molar-refractivity contribution >= 4 is 33.4 Å². The lowest BCUT2D eigenvalue weighted by molar-refractivity contribution is 0.111. The van der Waals surface area contributed by atoms with Crippen molar-refractivity contribution in [2.75, 3.05) is 44.2 Å². The minimum Gasteiger partial charge on any atom is -0.478 e. The molecule has 1 fully saturated rings. The molecule has 1 aliphatic heterocycles. The Morgan fingerprint density at radius 2 is 2.04 bits per heavy atom. The maximum absolute atomic E-state index is 10.7. The maximum atomic E-state index is 10.7. The molecule has 0 atom stereocenters. The fourth-order valence-corrected chi connectivity index (χ4v) is 4.24. The van der Waals surface area contributed by atoms with E-state index >= 15 is 0 Å². The van der Waals surface area contributed by atoms with Crippen LogP contribution in [0.5, 0.6) is 5.88 Å². The number of rotatable bonds is 7. The van der Waals surface area contributed by atoms with Gasteiger partial charge < -0.3 is 9.64 Å². The van der Waals surface area contributed by atoms with Crippen LogP contribution in [-0.4, -0.2) is 60.5 Å². The fraction of sp³-hybridized carbons (Fsp3) is 0.350. The summed E-state index contributed by atoms with van der Waals surface area (Å²) in [6.45, 7) is 5.80. The molecule has 0 radical (unpaired) electrons. The molecule has 0 N–H and O–H groups in total. The molecule has 2 aromatic heterocycles. The van der Waals surface area contributed by atoms with Gasteiger partial charge in [0.25, 0.3) is 0 Å². The van der Waals surface area contributed by atoms with Crippen LogP contribution in [0, 0.1) is 0 Å². The molecular weight excluding hydrogens is 360 g/mol. The Morgan fingerprint density at radius 3 is 2.89 bits per heavy atom. The van der Waals surface area contributed by atoms with Gasteiger partial charge in [-0.15, -0.1) is 11.3 Å². The molecule has 0 saturated carbocycles. The van der Waals surface area contributed by atoms with Crippen molar-refractivity contribution in [3.8, 4) is 5.88 Å². The summed E-state index contributed by atoms with van der Waals surface area (Å²) in [5.74, 6) is 0.459. The first kappa shape index (κ1) is 17.9. The Labute approximate surface area is 162 Å². The Hall–Kier alpha value is -2.51. The van der Waals surface area contributed by atoms with Crippen LogP contribution < -0.4 is 9.64 Å². The van der Waals surface area contributed by atoms with E-state index in [1.54, 1.807) is 17.4 Å². The minimum atomic E-state index is 0.344. The van der Waals surface area contributed by atoms with Gasteiger partial charge in [-0.2, -0.15) is 0 Å². The van der Waals surface area contributed by atoms with E-state index in [0.29, 0.717) is 24.5 Å². The average Bonchev–Trinajstić information content (AvgIpc) is 3.21. The number of piperazine rings is 1. The van der Waals surface area contributed by atoms with Gasteiger partial charge in [0.15, 0.2) is 6.29 Å². The second-order valence-corrected chi connectivity index (χ2v) is 7.49. The number of benzene rings is 1. The van der Waals surface area contributed by atoms with Crippen LogP contribution in [-0.2, 0) is 0 Å². The molecule has 0 spiro atoms. The number of hydrogen-bond acceptors (Lipinski definition) is 7. The molecule has 140 valence electrons. The van der Waals surface area contributed by atoms with E-state index in [9.17, 15) is 4.79 Å². The molecule has 6 nitrogen and oxygen atoms in total. The van der Waals surface area contributed by atoms with Crippen molar-refractivity contribution < 1.29 is 9.53 Å². The highest BCUT2D eigenvalue weighted by Crippen LogP contribution is 2.31. The van der Waals surface area contributed by atoms with E-state index in [0.717, 1.165) is 39.1 Å². The van der Waals surface area contributed by atoms with E-state index in [1.165, 1.54) is 22.1 Å². The summed E-state index contributed by atoms with van der Waals surface area (Å²) in [6, 6.07) is 10.4. The van der Waals surface area contributed by atoms with E-state index < -0.39 is 0 Å². The zero-order valence-electron chi connectivity index (χ0n) is 15.1. The van der Waals surface area contributed by atoms with Crippen LogP contribution in [0.1, 0.15) is 16.9 Å². The first-order chi connectivity index (χ1) is 13.3. The minimum absolute atomic E-state index is 0.344. The molecule has 1 aliphatic rings. The SMILES string of the molecule is O=Cc1cc(OCCCN2CCN(c3cccc4sccc34)CC2)ncn1. The van der Waals surface area contributed by atoms with Gasteiger partial charge in [-0.3, -0.25) is 9.69 Å². The Kier molecular flexibility index (Phi) is 5.60. The number of hydrogen-bond donors (Lipinski definition) is 0. The van der Waals surface area contributed by atoms with Crippen LogP contribution in [0.4, 0.5) is 5.69 Å². The molecule has 0 aliphatic carbocycles. The van der Waals surface area contributed by atoms with Gasteiger partial charge in [0.05, 0.1) is 6.61 Å². The van der Waals surface area contributed by atoms with E-state index in [-0.39, 0.29) is 0 Å². The molecule has 3 heterocycles. The van der Waals surface area contributed by atoms with Crippen molar-refractivity contribution in [2.24, 2.45) is 0 Å². The lowest BCUT2D eigenvalue weighted by Crippen LogP contribution is -2.46. The smallest absolute Gasteiger partial charge is 0.217 e. The third-order valence-corrected chi connectivity index (χ3v) is 5.72. The molecular formula is C20H22N4O2S. The number of aldehydes is 1. The summed E-state index contributed by atoms with van der Waals surface area (Å²) in [4.78, 5) is 23.6. The van der Waals surface area contributed by atoms with E-state index in [2.05, 4.69) is 49.4 Å². The van der Waals surface area contributed by atoms with Crippen LogP contribution in [0.3, 0.4) is 0 Å². The van der Waals surface area contributed by atoms with Gasteiger partial charge in [0, 0.05) is 54.6 Å². The van der Waals surface area contributed by atoms with Crippen LogP contribution in [0.15, 0.2) is 42.0 Å². The van der Waals surface area contributed by atoms with Crippen molar-refractivity contribution in [2.45, 2.75) is 6.42 Å². The lowest BCUT2D eigenvalue weighted by atomic mass is 10.2. The number of anilines is 1. The predicted molar refractivity (Wildman–Crippen MR) is 108 cm³/mol. The number of aromatic nitrogens is 2. The molecule has 0 amide bonds. The number of fused-ring (bicyclic) bond motifs is 1. The molecule has 27 heavy (non-hydrogen) atoms. The maximum Gasteiger partial charge on any atom is 0.217 e. The van der Waals surface area contributed by atoms with Gasteiger partial charge in [-0.1, -0.05) is 6.07 Å². The molecule has 1 aromatic carbocycles. The summed E-state index contributed by atoms with van der Waals surface area (Å²) < 4.78 is 6.98. The van der Waals surface area contributed by atoms with Crippen LogP contribution in [0.2, 0.25) is 0 Å². The van der Waals surface area contributed by atoms with E-state index in [4.69, 9.17) is 4.74 Å². The normalized spacial score (nSPS) is 15.2. The first-order valence-corrected chi connectivity index (χ1v) is 10.0. The largest absolute Gasteiger partial charge is 0.478 e. The van der Waals surface area contributed by atoms with Crippen molar-refractivity contribution in [3.05, 3.63) is 47.7 Å². The van der Waals surface area contributed by atoms with Crippen molar-refractivity contribution in [1.82, 2.24) is 14.9 Å². The first-order valence-electron chi connectivity index (χ1n) is 9.17. The van der Waals surface area contributed by atoms with Gasteiger partial charge >= 0.3 is 0 Å². The fourth-order valence-electron chi connectivity index (χ4n) is 3.43. The highest BCUT2D eigenvalue weighted by molar-refractivity contribution is 7.17. The Bertz CT molecular complexity index is 906. The topological polar surface area (TPSA) is 58.6 Å².